The van der Waals surface area contributed by atoms with E-state index >= 15 is 0 Å². The predicted molar refractivity (Wildman–Crippen MR) is 135 cm³/mol. The minimum atomic E-state index is -0.0209. The zero-order valence-electron chi connectivity index (χ0n) is 20.0. The van der Waals surface area contributed by atoms with E-state index in [2.05, 4.69) is 26.3 Å². The molecule has 4 rings (SSSR count). The molecule has 182 valence electrons. The van der Waals surface area contributed by atoms with E-state index in [0.29, 0.717) is 38.5 Å². The monoisotopic (exact) mass is 481 g/mol. The molecule has 1 aliphatic heterocycles. The van der Waals surface area contributed by atoms with E-state index in [4.69, 9.17) is 0 Å². The van der Waals surface area contributed by atoms with E-state index in [-0.39, 0.29) is 17.7 Å². The van der Waals surface area contributed by atoms with Crippen LogP contribution >= 0.6 is 11.8 Å². The number of carbonyl (C=O) groups is 2. The van der Waals surface area contributed by atoms with Gasteiger partial charge in [-0.3, -0.25) is 9.59 Å². The van der Waals surface area contributed by atoms with Crippen molar-refractivity contribution in [1.82, 2.24) is 25.0 Å². The Morgan fingerprint density at radius 2 is 1.82 bits per heavy atom. The van der Waals surface area contributed by atoms with Gasteiger partial charge in [0, 0.05) is 44.1 Å². The summed E-state index contributed by atoms with van der Waals surface area (Å²) in [7, 11) is 0. The van der Waals surface area contributed by atoms with E-state index in [1.54, 1.807) is 17.8 Å². The summed E-state index contributed by atoms with van der Waals surface area (Å²) in [6.07, 6.45) is 13.6. The predicted octanol–water partition coefficient (Wildman–Crippen LogP) is 4.12. The fourth-order valence-electron chi connectivity index (χ4n) is 4.95. The van der Waals surface area contributed by atoms with Gasteiger partial charge < -0.3 is 14.8 Å². The summed E-state index contributed by atoms with van der Waals surface area (Å²) in [6.45, 7) is 1.89. The second-order valence-electron chi connectivity index (χ2n) is 9.15. The first-order valence-electron chi connectivity index (χ1n) is 12.4. The number of likely N-dealkylation sites (tertiary alicyclic amines) is 1. The number of hydrogen-bond acceptors (Lipinski definition) is 5. The molecule has 0 spiro atoms. The minimum Gasteiger partial charge on any atom is -0.356 e. The molecule has 0 radical (unpaired) electrons. The van der Waals surface area contributed by atoms with Gasteiger partial charge in [0.05, 0.1) is 0 Å². The van der Waals surface area contributed by atoms with Crippen molar-refractivity contribution in [3.63, 3.8) is 0 Å². The lowest BCUT2D eigenvalue weighted by Gasteiger charge is -2.30. The fourth-order valence-corrected chi connectivity index (χ4v) is 5.52. The van der Waals surface area contributed by atoms with Crippen LogP contribution in [0.1, 0.15) is 62.4 Å². The standard InChI is InChI=1S/C26H35N5O2S/c1-34-26-29-28-23(31(26)22-10-5-6-11-22)12-7-17-27-25(33)21-15-18-30(19-16-21)24(32)14-13-20-8-3-2-4-9-20/h2-4,8-9,13-14,21-22H,5-7,10-12,15-19H2,1H3,(H,27,33). The third-order valence-electron chi connectivity index (χ3n) is 6.88. The molecule has 34 heavy (non-hydrogen) atoms. The molecule has 1 aromatic carbocycles. The molecular formula is C26H35N5O2S. The number of thioether (sulfide) groups is 1. The maximum Gasteiger partial charge on any atom is 0.246 e. The highest BCUT2D eigenvalue weighted by Gasteiger charge is 2.27. The van der Waals surface area contributed by atoms with Gasteiger partial charge in [-0.1, -0.05) is 54.9 Å². The van der Waals surface area contributed by atoms with E-state index in [9.17, 15) is 9.59 Å². The van der Waals surface area contributed by atoms with Crippen molar-refractivity contribution in [3.05, 3.63) is 47.8 Å². The molecule has 2 aromatic rings. The van der Waals surface area contributed by atoms with Gasteiger partial charge >= 0.3 is 0 Å². The number of amides is 2. The highest BCUT2D eigenvalue weighted by Crippen LogP contribution is 2.33. The lowest BCUT2D eigenvalue weighted by molar-refractivity contribution is -0.132. The molecule has 0 atom stereocenters. The Morgan fingerprint density at radius 3 is 2.53 bits per heavy atom. The second kappa shape index (κ2) is 12.2. The van der Waals surface area contributed by atoms with Gasteiger partial charge in [-0.05, 0) is 50.0 Å². The average molecular weight is 482 g/mol. The molecule has 1 saturated heterocycles. The van der Waals surface area contributed by atoms with Gasteiger partial charge in [-0.15, -0.1) is 10.2 Å². The van der Waals surface area contributed by atoms with Crippen LogP contribution < -0.4 is 5.32 Å². The van der Waals surface area contributed by atoms with E-state index < -0.39 is 0 Å². The first kappa shape index (κ1) is 24.5. The van der Waals surface area contributed by atoms with Crippen molar-refractivity contribution >= 4 is 29.7 Å². The van der Waals surface area contributed by atoms with Crippen LogP contribution in [0.4, 0.5) is 0 Å². The van der Waals surface area contributed by atoms with Crippen molar-refractivity contribution in [2.24, 2.45) is 5.92 Å². The topological polar surface area (TPSA) is 80.1 Å². The highest BCUT2D eigenvalue weighted by atomic mass is 32.2. The molecule has 1 N–H and O–H groups in total. The molecule has 0 unspecified atom stereocenters. The maximum absolute atomic E-state index is 12.7. The normalized spacial score (nSPS) is 17.5. The lowest BCUT2D eigenvalue weighted by Crippen LogP contribution is -2.42. The number of rotatable bonds is 9. The summed E-state index contributed by atoms with van der Waals surface area (Å²) in [5.41, 5.74) is 1.01. The van der Waals surface area contributed by atoms with Crippen LogP contribution in [0.15, 0.2) is 41.6 Å². The molecule has 1 aromatic heterocycles. The van der Waals surface area contributed by atoms with Crippen molar-refractivity contribution in [3.8, 4) is 0 Å². The van der Waals surface area contributed by atoms with Crippen molar-refractivity contribution < 1.29 is 9.59 Å². The van der Waals surface area contributed by atoms with Gasteiger partial charge in [0.25, 0.3) is 0 Å². The molecule has 8 heteroatoms. The summed E-state index contributed by atoms with van der Waals surface area (Å²) in [4.78, 5) is 27.0. The minimum absolute atomic E-state index is 0.0127. The van der Waals surface area contributed by atoms with Crippen LogP contribution in [0.2, 0.25) is 0 Å². The Kier molecular flexibility index (Phi) is 8.79. The third kappa shape index (κ3) is 6.29. The summed E-state index contributed by atoms with van der Waals surface area (Å²) in [6, 6.07) is 10.3. The van der Waals surface area contributed by atoms with Gasteiger partial charge in [-0.2, -0.15) is 0 Å². The van der Waals surface area contributed by atoms with Gasteiger partial charge in [0.1, 0.15) is 5.82 Å². The Labute approximate surface area is 206 Å². The molecule has 1 saturated carbocycles. The fraction of sp³-hybridized carbons (Fsp3) is 0.538. The van der Waals surface area contributed by atoms with Crippen LogP contribution in [0.3, 0.4) is 0 Å². The molecule has 2 aliphatic rings. The number of nitrogens with zero attached hydrogens (tertiary/aromatic N) is 4. The SMILES string of the molecule is CSc1nnc(CCCNC(=O)C2CCN(C(=O)C=Cc3ccccc3)CC2)n1C1CCCC1. The highest BCUT2D eigenvalue weighted by molar-refractivity contribution is 7.98. The zero-order valence-corrected chi connectivity index (χ0v) is 20.8. The van der Waals surface area contributed by atoms with E-state index in [0.717, 1.165) is 29.4 Å². The van der Waals surface area contributed by atoms with Crippen molar-refractivity contribution in [2.75, 3.05) is 25.9 Å². The van der Waals surface area contributed by atoms with Crippen LogP contribution in [-0.2, 0) is 16.0 Å². The first-order valence-corrected chi connectivity index (χ1v) is 13.7. The number of aryl methyl sites for hydroxylation is 1. The second-order valence-corrected chi connectivity index (χ2v) is 9.92. The molecule has 2 amide bonds. The third-order valence-corrected chi connectivity index (χ3v) is 7.52. The summed E-state index contributed by atoms with van der Waals surface area (Å²) >= 11 is 1.66. The van der Waals surface area contributed by atoms with Crippen LogP contribution in [0.25, 0.3) is 6.08 Å². The zero-order chi connectivity index (χ0) is 23.8. The van der Waals surface area contributed by atoms with Crippen LogP contribution in [0.5, 0.6) is 0 Å². The maximum atomic E-state index is 12.7. The molecular weight excluding hydrogens is 446 g/mol. The van der Waals surface area contributed by atoms with Gasteiger partial charge in [0.15, 0.2) is 5.16 Å². The Morgan fingerprint density at radius 1 is 1.09 bits per heavy atom. The van der Waals surface area contributed by atoms with E-state index in [1.807, 2.05) is 41.3 Å². The average Bonchev–Trinajstić information content (AvgIpc) is 3.55. The smallest absolute Gasteiger partial charge is 0.246 e. The number of aromatic nitrogens is 3. The Bertz CT molecular complexity index is 976. The number of benzene rings is 1. The van der Waals surface area contributed by atoms with Gasteiger partial charge in [-0.25, -0.2) is 0 Å². The molecule has 1 aliphatic carbocycles. The summed E-state index contributed by atoms with van der Waals surface area (Å²) in [5, 5.41) is 12.9. The molecule has 2 fully saturated rings. The number of carbonyl (C=O) groups excluding carboxylic acids is 2. The quantitative estimate of drug-likeness (QED) is 0.331. The van der Waals surface area contributed by atoms with Gasteiger partial charge in [0.2, 0.25) is 11.8 Å². The first-order chi connectivity index (χ1) is 16.7. The van der Waals surface area contributed by atoms with E-state index in [1.165, 1.54) is 25.7 Å². The number of nitrogens with one attached hydrogen (secondary N) is 1. The number of hydrogen-bond donors (Lipinski definition) is 1. The lowest BCUT2D eigenvalue weighted by atomic mass is 9.95. The Hall–Kier alpha value is -2.61. The van der Waals surface area contributed by atoms with Crippen molar-refractivity contribution in [1.29, 1.82) is 0 Å². The molecule has 7 nitrogen and oxygen atoms in total. The number of piperidine rings is 1. The summed E-state index contributed by atoms with van der Waals surface area (Å²) in [5.74, 6) is 1.14. The molecule has 0 bridgehead atoms. The van der Waals surface area contributed by atoms with Crippen LogP contribution in [0, 0.1) is 5.92 Å². The molecule has 2 heterocycles. The summed E-state index contributed by atoms with van der Waals surface area (Å²) < 4.78 is 2.33. The van der Waals surface area contributed by atoms with Crippen LogP contribution in [-0.4, -0.2) is 57.4 Å². The van der Waals surface area contributed by atoms with Crippen molar-refractivity contribution in [2.45, 2.75) is 62.6 Å². The largest absolute Gasteiger partial charge is 0.356 e. The Balaban J connectivity index is 1.18.